The van der Waals surface area contributed by atoms with E-state index in [2.05, 4.69) is 27.4 Å². The lowest BCUT2D eigenvalue weighted by atomic mass is 10.0. The van der Waals surface area contributed by atoms with Crippen molar-refractivity contribution in [1.82, 2.24) is 9.97 Å². The molecule has 3 N–H and O–H groups in total. The van der Waals surface area contributed by atoms with Gasteiger partial charge in [0.1, 0.15) is 11.6 Å². The average molecular weight is 296 g/mol. The molecule has 0 radical (unpaired) electrons. The normalized spacial score (nSPS) is 20.7. The van der Waals surface area contributed by atoms with Gasteiger partial charge in [0.2, 0.25) is 5.91 Å². The molecule has 1 heterocycles. The number of hydrogen-bond donors (Lipinski definition) is 2. The lowest BCUT2D eigenvalue weighted by molar-refractivity contribution is -0.121. The Hall–Kier alpha value is -2.43. The predicted molar refractivity (Wildman–Crippen MR) is 85.2 cm³/mol. The van der Waals surface area contributed by atoms with E-state index in [0.717, 1.165) is 30.9 Å². The van der Waals surface area contributed by atoms with Crippen LogP contribution in [0.15, 0.2) is 42.6 Å². The highest BCUT2D eigenvalue weighted by Gasteiger charge is 2.31. The number of benzene rings is 1. The number of amides is 1. The first kappa shape index (κ1) is 14.5. The lowest BCUT2D eigenvalue weighted by Gasteiger charge is -2.19. The minimum atomic E-state index is -0.228. The summed E-state index contributed by atoms with van der Waals surface area (Å²) in [6.45, 7) is 0. The van der Waals surface area contributed by atoms with Crippen molar-refractivity contribution >= 4 is 11.7 Å². The second-order valence-electron chi connectivity index (χ2n) is 5.71. The SMILES string of the molecule is NC(=O)[C@H]1CCC[C@@H]1Nc1ccnc(Cc2ccccc2)n1. The molecule has 1 aliphatic carbocycles. The molecule has 0 aliphatic heterocycles. The second kappa shape index (κ2) is 6.56. The molecule has 1 amide bonds. The third kappa shape index (κ3) is 3.42. The van der Waals surface area contributed by atoms with Gasteiger partial charge in [0.15, 0.2) is 0 Å². The summed E-state index contributed by atoms with van der Waals surface area (Å²) in [5.41, 5.74) is 6.64. The van der Waals surface area contributed by atoms with Gasteiger partial charge in [0, 0.05) is 18.7 Å². The van der Waals surface area contributed by atoms with Gasteiger partial charge in [0.05, 0.1) is 5.92 Å². The summed E-state index contributed by atoms with van der Waals surface area (Å²) in [4.78, 5) is 20.3. The topological polar surface area (TPSA) is 80.9 Å². The quantitative estimate of drug-likeness (QED) is 0.885. The van der Waals surface area contributed by atoms with Crippen LogP contribution in [0.4, 0.5) is 5.82 Å². The highest BCUT2D eigenvalue weighted by molar-refractivity contribution is 5.78. The van der Waals surface area contributed by atoms with E-state index < -0.39 is 0 Å². The summed E-state index contributed by atoms with van der Waals surface area (Å²) in [5.74, 6) is 1.20. The Kier molecular flexibility index (Phi) is 4.32. The minimum Gasteiger partial charge on any atom is -0.369 e. The molecule has 5 heteroatoms. The van der Waals surface area contributed by atoms with Gasteiger partial charge in [-0.1, -0.05) is 36.8 Å². The first-order chi connectivity index (χ1) is 10.7. The second-order valence-corrected chi connectivity index (χ2v) is 5.71. The first-order valence-electron chi connectivity index (χ1n) is 7.64. The van der Waals surface area contributed by atoms with Crippen molar-refractivity contribution in [3.63, 3.8) is 0 Å². The number of primary amides is 1. The van der Waals surface area contributed by atoms with E-state index in [1.807, 2.05) is 24.3 Å². The van der Waals surface area contributed by atoms with Crippen molar-refractivity contribution in [1.29, 1.82) is 0 Å². The maximum Gasteiger partial charge on any atom is 0.222 e. The standard InChI is InChI=1S/C17H20N4O/c18-17(22)13-7-4-8-14(13)20-15-9-10-19-16(21-15)11-12-5-2-1-3-6-12/h1-3,5-6,9-10,13-14H,4,7-8,11H2,(H2,18,22)(H,19,20,21)/t13-,14-/m0/s1. The van der Waals surface area contributed by atoms with E-state index in [4.69, 9.17) is 5.73 Å². The smallest absolute Gasteiger partial charge is 0.222 e. The van der Waals surface area contributed by atoms with Crippen molar-refractivity contribution in [2.45, 2.75) is 31.7 Å². The fourth-order valence-electron chi connectivity index (χ4n) is 3.01. The Bertz CT molecular complexity index is 644. The van der Waals surface area contributed by atoms with E-state index in [1.165, 1.54) is 5.56 Å². The van der Waals surface area contributed by atoms with Gasteiger partial charge in [-0.05, 0) is 24.5 Å². The monoisotopic (exact) mass is 296 g/mol. The Morgan fingerprint density at radius 2 is 2.05 bits per heavy atom. The number of aromatic nitrogens is 2. The fourth-order valence-corrected chi connectivity index (χ4v) is 3.01. The molecule has 3 rings (SSSR count). The van der Waals surface area contributed by atoms with Gasteiger partial charge in [0.25, 0.3) is 0 Å². The van der Waals surface area contributed by atoms with Crippen LogP contribution in [-0.4, -0.2) is 21.9 Å². The van der Waals surface area contributed by atoms with Crippen molar-refractivity contribution < 1.29 is 4.79 Å². The molecule has 2 aromatic rings. The van der Waals surface area contributed by atoms with Gasteiger partial charge >= 0.3 is 0 Å². The van der Waals surface area contributed by atoms with Crippen molar-refractivity contribution in [3.05, 3.63) is 54.0 Å². The highest BCUT2D eigenvalue weighted by atomic mass is 16.1. The molecule has 114 valence electrons. The van der Waals surface area contributed by atoms with E-state index in [0.29, 0.717) is 6.42 Å². The number of carbonyl (C=O) groups excluding carboxylic acids is 1. The maximum atomic E-state index is 11.5. The van der Waals surface area contributed by atoms with Crippen LogP contribution in [0, 0.1) is 5.92 Å². The van der Waals surface area contributed by atoms with Crippen LogP contribution in [0.5, 0.6) is 0 Å². The minimum absolute atomic E-state index is 0.0805. The first-order valence-corrected chi connectivity index (χ1v) is 7.64. The van der Waals surface area contributed by atoms with Crippen LogP contribution in [0.1, 0.15) is 30.7 Å². The maximum absolute atomic E-state index is 11.5. The molecular weight excluding hydrogens is 276 g/mol. The average Bonchev–Trinajstić information content (AvgIpc) is 2.97. The molecular formula is C17H20N4O. The molecule has 0 spiro atoms. The highest BCUT2D eigenvalue weighted by Crippen LogP contribution is 2.27. The molecule has 0 bridgehead atoms. The zero-order chi connectivity index (χ0) is 15.4. The van der Waals surface area contributed by atoms with Crippen molar-refractivity contribution in [2.24, 2.45) is 11.7 Å². The van der Waals surface area contributed by atoms with Gasteiger partial charge < -0.3 is 11.1 Å². The molecule has 1 saturated carbocycles. The van der Waals surface area contributed by atoms with Crippen LogP contribution in [0.3, 0.4) is 0 Å². The summed E-state index contributed by atoms with van der Waals surface area (Å²) >= 11 is 0. The number of nitrogens with one attached hydrogen (secondary N) is 1. The molecule has 1 aromatic carbocycles. The number of nitrogens with zero attached hydrogens (tertiary/aromatic N) is 2. The summed E-state index contributed by atoms with van der Waals surface area (Å²) in [6.07, 6.45) is 5.27. The Morgan fingerprint density at radius 3 is 2.82 bits per heavy atom. The van der Waals surface area contributed by atoms with Crippen LogP contribution in [-0.2, 0) is 11.2 Å². The third-order valence-electron chi connectivity index (χ3n) is 4.13. The van der Waals surface area contributed by atoms with Gasteiger partial charge in [-0.2, -0.15) is 0 Å². The largest absolute Gasteiger partial charge is 0.369 e. The molecule has 22 heavy (non-hydrogen) atoms. The Balaban J connectivity index is 1.70. The number of nitrogens with two attached hydrogens (primary N) is 1. The lowest BCUT2D eigenvalue weighted by Crippen LogP contribution is -2.34. The van der Waals surface area contributed by atoms with Gasteiger partial charge in [-0.25, -0.2) is 9.97 Å². The Labute approximate surface area is 130 Å². The summed E-state index contributed by atoms with van der Waals surface area (Å²) < 4.78 is 0. The van der Waals surface area contributed by atoms with Crippen molar-refractivity contribution in [2.75, 3.05) is 5.32 Å². The third-order valence-corrected chi connectivity index (χ3v) is 4.13. The van der Waals surface area contributed by atoms with E-state index in [-0.39, 0.29) is 17.9 Å². The summed E-state index contributed by atoms with van der Waals surface area (Å²) in [7, 11) is 0. The van der Waals surface area contributed by atoms with E-state index in [1.54, 1.807) is 6.20 Å². The van der Waals surface area contributed by atoms with Crippen LogP contribution in [0.25, 0.3) is 0 Å². The number of rotatable bonds is 5. The zero-order valence-corrected chi connectivity index (χ0v) is 12.4. The number of carbonyl (C=O) groups is 1. The molecule has 1 aromatic heterocycles. The van der Waals surface area contributed by atoms with Crippen molar-refractivity contribution in [3.8, 4) is 0 Å². The van der Waals surface area contributed by atoms with Crippen LogP contribution < -0.4 is 11.1 Å². The number of hydrogen-bond acceptors (Lipinski definition) is 4. The summed E-state index contributed by atoms with van der Waals surface area (Å²) in [6, 6.07) is 12.0. The zero-order valence-electron chi connectivity index (χ0n) is 12.4. The molecule has 2 atom stereocenters. The van der Waals surface area contributed by atoms with Gasteiger partial charge in [-0.3, -0.25) is 4.79 Å². The predicted octanol–water partition coefficient (Wildman–Crippen LogP) is 2.13. The van der Waals surface area contributed by atoms with E-state index in [9.17, 15) is 4.79 Å². The molecule has 0 unspecified atom stereocenters. The van der Waals surface area contributed by atoms with E-state index >= 15 is 0 Å². The molecule has 5 nitrogen and oxygen atoms in total. The fraction of sp³-hybridized carbons (Fsp3) is 0.353. The van der Waals surface area contributed by atoms with Crippen LogP contribution in [0.2, 0.25) is 0 Å². The molecule has 1 aliphatic rings. The molecule has 1 fully saturated rings. The summed E-state index contributed by atoms with van der Waals surface area (Å²) in [5, 5.41) is 3.35. The number of anilines is 1. The molecule has 0 saturated heterocycles. The van der Waals surface area contributed by atoms with Crippen LogP contribution >= 0.6 is 0 Å². The Morgan fingerprint density at radius 1 is 1.23 bits per heavy atom. The van der Waals surface area contributed by atoms with Gasteiger partial charge in [-0.15, -0.1) is 0 Å².